The van der Waals surface area contributed by atoms with Crippen molar-refractivity contribution in [2.75, 3.05) is 20.1 Å². The third kappa shape index (κ3) is 4.82. The second kappa shape index (κ2) is 8.30. The summed E-state index contributed by atoms with van der Waals surface area (Å²) in [5.41, 5.74) is 2.51. The lowest BCUT2D eigenvalue weighted by Crippen LogP contribution is -2.40. The molecule has 0 spiro atoms. The van der Waals surface area contributed by atoms with Gasteiger partial charge in [0.1, 0.15) is 0 Å². The van der Waals surface area contributed by atoms with Crippen molar-refractivity contribution in [3.63, 3.8) is 0 Å². The first-order valence-electron chi connectivity index (χ1n) is 8.33. The molecule has 0 bridgehead atoms. The zero-order valence-corrected chi connectivity index (χ0v) is 14.1. The van der Waals surface area contributed by atoms with Gasteiger partial charge in [-0.25, -0.2) is 0 Å². The molecule has 1 amide bonds. The minimum atomic E-state index is 0.124. The monoisotopic (exact) mass is 303 g/mol. The number of nitrogens with one attached hydrogen (secondary N) is 2. The molecule has 1 aliphatic rings. The average molecular weight is 303 g/mol. The van der Waals surface area contributed by atoms with Crippen molar-refractivity contribution in [1.82, 2.24) is 15.5 Å². The topological polar surface area (TPSA) is 44.4 Å². The maximum atomic E-state index is 12.3. The van der Waals surface area contributed by atoms with E-state index in [1.807, 2.05) is 6.07 Å². The number of carbonyl (C=O) groups is 1. The Morgan fingerprint density at radius 3 is 2.73 bits per heavy atom. The van der Waals surface area contributed by atoms with Gasteiger partial charge in [-0.15, -0.1) is 0 Å². The Morgan fingerprint density at radius 2 is 2.09 bits per heavy atom. The molecule has 1 atom stereocenters. The smallest absolute Gasteiger partial charge is 0.224 e. The Labute approximate surface area is 134 Å². The van der Waals surface area contributed by atoms with Crippen LogP contribution in [0.2, 0.25) is 0 Å². The maximum Gasteiger partial charge on any atom is 0.224 e. The van der Waals surface area contributed by atoms with Crippen molar-refractivity contribution in [3.8, 4) is 0 Å². The predicted molar refractivity (Wildman–Crippen MR) is 90.5 cm³/mol. The summed E-state index contributed by atoms with van der Waals surface area (Å²) in [5, 5.41) is 6.41. The van der Waals surface area contributed by atoms with Gasteiger partial charge < -0.3 is 10.6 Å². The molecule has 0 aliphatic carbocycles. The van der Waals surface area contributed by atoms with E-state index in [4.69, 9.17) is 0 Å². The van der Waals surface area contributed by atoms with Crippen LogP contribution >= 0.6 is 0 Å². The molecule has 1 unspecified atom stereocenters. The normalized spacial score (nSPS) is 18.7. The van der Waals surface area contributed by atoms with Gasteiger partial charge in [-0.3, -0.25) is 9.69 Å². The molecule has 0 radical (unpaired) electrons. The number of hydrogen-bond acceptors (Lipinski definition) is 3. The Balaban J connectivity index is 1.93. The highest BCUT2D eigenvalue weighted by Gasteiger charge is 2.20. The van der Waals surface area contributed by atoms with Crippen molar-refractivity contribution in [2.45, 2.75) is 45.8 Å². The molecule has 4 heteroatoms. The third-order valence-corrected chi connectivity index (χ3v) is 4.54. The average Bonchev–Trinajstić information content (AvgIpc) is 2.54. The molecule has 0 aromatic heterocycles. The van der Waals surface area contributed by atoms with E-state index in [1.165, 1.54) is 11.1 Å². The van der Waals surface area contributed by atoms with E-state index in [-0.39, 0.29) is 11.8 Å². The molecule has 0 saturated carbocycles. The van der Waals surface area contributed by atoms with Crippen molar-refractivity contribution in [3.05, 3.63) is 35.4 Å². The lowest BCUT2D eigenvalue weighted by Gasteiger charge is -2.24. The number of benzene rings is 1. The van der Waals surface area contributed by atoms with E-state index >= 15 is 0 Å². The Morgan fingerprint density at radius 1 is 1.36 bits per heavy atom. The second-order valence-corrected chi connectivity index (χ2v) is 6.54. The summed E-state index contributed by atoms with van der Waals surface area (Å²) >= 11 is 0. The van der Waals surface area contributed by atoms with Crippen LogP contribution < -0.4 is 10.6 Å². The van der Waals surface area contributed by atoms with Gasteiger partial charge >= 0.3 is 0 Å². The van der Waals surface area contributed by atoms with Gasteiger partial charge in [0, 0.05) is 25.7 Å². The quantitative estimate of drug-likeness (QED) is 0.846. The van der Waals surface area contributed by atoms with E-state index in [9.17, 15) is 4.79 Å². The van der Waals surface area contributed by atoms with Gasteiger partial charge in [0.05, 0.1) is 5.92 Å². The largest absolute Gasteiger partial charge is 0.352 e. The fraction of sp³-hybridized carbons (Fsp3) is 0.611. The van der Waals surface area contributed by atoms with E-state index in [2.05, 4.69) is 54.6 Å². The molecule has 2 rings (SSSR count). The fourth-order valence-electron chi connectivity index (χ4n) is 2.74. The van der Waals surface area contributed by atoms with E-state index in [0.717, 1.165) is 32.5 Å². The molecule has 1 heterocycles. The van der Waals surface area contributed by atoms with Crippen molar-refractivity contribution in [2.24, 2.45) is 5.92 Å². The van der Waals surface area contributed by atoms with E-state index < -0.39 is 0 Å². The summed E-state index contributed by atoms with van der Waals surface area (Å²) in [6, 6.07) is 8.89. The molecule has 1 aromatic carbocycles. The number of amides is 1. The standard InChI is InChI=1S/C18H29N3O/c1-14(2)21(3)13-17-8-5-4-7-15(17)12-20-18(22)16-9-6-10-19-11-16/h4-5,7-8,14,16,19H,6,9-13H2,1-3H3,(H,20,22). The minimum absolute atomic E-state index is 0.124. The summed E-state index contributed by atoms with van der Waals surface area (Å²) in [5.74, 6) is 0.304. The number of carbonyl (C=O) groups excluding carboxylic acids is 1. The van der Waals surface area contributed by atoms with Crippen LogP contribution in [0.4, 0.5) is 0 Å². The second-order valence-electron chi connectivity index (χ2n) is 6.54. The first-order chi connectivity index (χ1) is 10.6. The van der Waals surface area contributed by atoms with Gasteiger partial charge in [-0.05, 0) is 51.4 Å². The van der Waals surface area contributed by atoms with Gasteiger partial charge in [0.2, 0.25) is 5.91 Å². The lowest BCUT2D eigenvalue weighted by atomic mass is 9.98. The maximum absolute atomic E-state index is 12.3. The molecular formula is C18H29N3O. The van der Waals surface area contributed by atoms with Gasteiger partial charge in [-0.1, -0.05) is 24.3 Å². The molecular weight excluding hydrogens is 274 g/mol. The van der Waals surface area contributed by atoms with Crippen molar-refractivity contribution in [1.29, 1.82) is 0 Å². The molecule has 1 aliphatic heterocycles. The van der Waals surface area contributed by atoms with Crippen LogP contribution in [0, 0.1) is 5.92 Å². The molecule has 122 valence electrons. The SMILES string of the molecule is CC(C)N(C)Cc1ccccc1CNC(=O)C1CCCNC1. The number of piperidine rings is 1. The van der Waals surface area contributed by atoms with Crippen LogP contribution in [0.3, 0.4) is 0 Å². The summed E-state index contributed by atoms with van der Waals surface area (Å²) in [7, 11) is 2.13. The Hall–Kier alpha value is -1.39. The van der Waals surface area contributed by atoms with Gasteiger partial charge in [-0.2, -0.15) is 0 Å². The van der Waals surface area contributed by atoms with Crippen LogP contribution in [0.5, 0.6) is 0 Å². The van der Waals surface area contributed by atoms with Gasteiger partial charge in [0.15, 0.2) is 0 Å². The summed E-state index contributed by atoms with van der Waals surface area (Å²) in [6.45, 7) is 7.77. The number of nitrogens with zero attached hydrogens (tertiary/aromatic N) is 1. The molecule has 4 nitrogen and oxygen atoms in total. The van der Waals surface area contributed by atoms with Crippen LogP contribution in [-0.4, -0.2) is 37.0 Å². The summed E-state index contributed by atoms with van der Waals surface area (Å²) in [4.78, 5) is 14.6. The fourth-order valence-corrected chi connectivity index (χ4v) is 2.74. The van der Waals surface area contributed by atoms with Crippen LogP contribution in [0.1, 0.15) is 37.8 Å². The van der Waals surface area contributed by atoms with Crippen LogP contribution in [0.15, 0.2) is 24.3 Å². The summed E-state index contributed by atoms with van der Waals surface area (Å²) in [6.07, 6.45) is 2.09. The van der Waals surface area contributed by atoms with Crippen molar-refractivity contribution < 1.29 is 4.79 Å². The lowest BCUT2D eigenvalue weighted by molar-refractivity contribution is -0.125. The highest BCUT2D eigenvalue weighted by atomic mass is 16.1. The highest BCUT2D eigenvalue weighted by molar-refractivity contribution is 5.79. The summed E-state index contributed by atoms with van der Waals surface area (Å²) < 4.78 is 0. The molecule has 1 fully saturated rings. The molecule has 1 saturated heterocycles. The first kappa shape index (κ1) is 17.0. The zero-order valence-electron chi connectivity index (χ0n) is 14.1. The number of rotatable bonds is 6. The van der Waals surface area contributed by atoms with Crippen molar-refractivity contribution >= 4 is 5.91 Å². The van der Waals surface area contributed by atoms with E-state index in [1.54, 1.807) is 0 Å². The predicted octanol–water partition coefficient (Wildman–Crippen LogP) is 2.14. The molecule has 22 heavy (non-hydrogen) atoms. The van der Waals surface area contributed by atoms with Crippen LogP contribution in [-0.2, 0) is 17.9 Å². The van der Waals surface area contributed by atoms with Gasteiger partial charge in [0.25, 0.3) is 0 Å². The third-order valence-electron chi connectivity index (χ3n) is 4.54. The Kier molecular flexibility index (Phi) is 6.40. The van der Waals surface area contributed by atoms with Crippen LogP contribution in [0.25, 0.3) is 0 Å². The molecule has 2 N–H and O–H groups in total. The first-order valence-corrected chi connectivity index (χ1v) is 8.33. The zero-order chi connectivity index (χ0) is 15.9. The minimum Gasteiger partial charge on any atom is -0.352 e. The number of hydrogen-bond donors (Lipinski definition) is 2. The highest BCUT2D eigenvalue weighted by Crippen LogP contribution is 2.14. The van der Waals surface area contributed by atoms with E-state index in [0.29, 0.717) is 12.6 Å². The molecule has 1 aromatic rings. The Bertz CT molecular complexity index is 481.